The summed E-state index contributed by atoms with van der Waals surface area (Å²) in [6, 6.07) is 7.01. The lowest BCUT2D eigenvalue weighted by molar-refractivity contribution is 0.770. The molecule has 1 aliphatic rings. The Morgan fingerprint density at radius 1 is 1.38 bits per heavy atom. The molecule has 0 unspecified atom stereocenters. The number of nitrogens with one attached hydrogen (secondary N) is 1. The van der Waals surface area contributed by atoms with Crippen LogP contribution >= 0.6 is 0 Å². The molecule has 2 heterocycles. The first-order chi connectivity index (χ1) is 7.75. The van der Waals surface area contributed by atoms with E-state index in [4.69, 9.17) is 0 Å². The van der Waals surface area contributed by atoms with E-state index in [0.717, 1.165) is 5.82 Å². The standard InChI is InChI=1S/C13H17N3/c1-9(2)13-14-8-11-4-3-5-12(16(11)13)15-10-6-7-10/h3-5,8-10,15H,6-7H2,1-2H3. The van der Waals surface area contributed by atoms with Gasteiger partial charge in [0.25, 0.3) is 0 Å². The van der Waals surface area contributed by atoms with Crippen molar-refractivity contribution in [3.05, 3.63) is 30.2 Å². The Kier molecular flexibility index (Phi) is 2.13. The lowest BCUT2D eigenvalue weighted by atomic mass is 10.2. The van der Waals surface area contributed by atoms with Crippen LogP contribution in [0.2, 0.25) is 0 Å². The molecular weight excluding hydrogens is 198 g/mol. The average molecular weight is 215 g/mol. The predicted octanol–water partition coefficient (Wildman–Crippen LogP) is 3.03. The van der Waals surface area contributed by atoms with Gasteiger partial charge in [0.05, 0.1) is 11.7 Å². The van der Waals surface area contributed by atoms with Gasteiger partial charge in [0, 0.05) is 12.0 Å². The van der Waals surface area contributed by atoms with E-state index in [-0.39, 0.29) is 0 Å². The van der Waals surface area contributed by atoms with Gasteiger partial charge in [-0.3, -0.25) is 4.40 Å². The molecule has 0 radical (unpaired) electrons. The summed E-state index contributed by atoms with van der Waals surface area (Å²) in [5, 5.41) is 3.56. The Morgan fingerprint density at radius 2 is 2.19 bits per heavy atom. The summed E-state index contributed by atoms with van der Waals surface area (Å²) >= 11 is 0. The quantitative estimate of drug-likeness (QED) is 0.852. The first-order valence-electron chi connectivity index (χ1n) is 5.98. The van der Waals surface area contributed by atoms with Crippen LogP contribution in [-0.4, -0.2) is 15.4 Å². The molecule has 0 saturated heterocycles. The lowest BCUT2D eigenvalue weighted by Crippen LogP contribution is -2.08. The Hall–Kier alpha value is -1.51. The van der Waals surface area contributed by atoms with E-state index in [1.807, 2.05) is 6.20 Å². The highest BCUT2D eigenvalue weighted by atomic mass is 15.1. The van der Waals surface area contributed by atoms with Gasteiger partial charge in [0.15, 0.2) is 0 Å². The predicted molar refractivity (Wildman–Crippen MR) is 65.9 cm³/mol. The monoisotopic (exact) mass is 215 g/mol. The molecule has 0 aromatic carbocycles. The van der Waals surface area contributed by atoms with Crippen molar-refractivity contribution in [2.24, 2.45) is 0 Å². The zero-order chi connectivity index (χ0) is 11.1. The average Bonchev–Trinajstić information content (AvgIpc) is 2.95. The molecule has 0 bridgehead atoms. The topological polar surface area (TPSA) is 29.3 Å². The van der Waals surface area contributed by atoms with Gasteiger partial charge in [-0.2, -0.15) is 0 Å². The fourth-order valence-corrected chi connectivity index (χ4v) is 2.03. The second-order valence-corrected chi connectivity index (χ2v) is 4.86. The van der Waals surface area contributed by atoms with E-state index in [2.05, 4.69) is 46.7 Å². The summed E-state index contributed by atoms with van der Waals surface area (Å²) in [5.41, 5.74) is 1.18. The van der Waals surface area contributed by atoms with Gasteiger partial charge in [0.2, 0.25) is 0 Å². The van der Waals surface area contributed by atoms with E-state index >= 15 is 0 Å². The third-order valence-electron chi connectivity index (χ3n) is 3.02. The largest absolute Gasteiger partial charge is 0.368 e. The van der Waals surface area contributed by atoms with Crippen LogP contribution in [0.3, 0.4) is 0 Å². The van der Waals surface area contributed by atoms with Crippen molar-refractivity contribution in [2.75, 3.05) is 5.32 Å². The molecule has 2 aromatic heterocycles. The van der Waals surface area contributed by atoms with E-state index in [9.17, 15) is 0 Å². The van der Waals surface area contributed by atoms with Gasteiger partial charge in [-0.05, 0) is 25.0 Å². The molecule has 1 saturated carbocycles. The molecule has 3 nitrogen and oxygen atoms in total. The molecule has 16 heavy (non-hydrogen) atoms. The Balaban J connectivity index is 2.13. The Morgan fingerprint density at radius 3 is 2.88 bits per heavy atom. The molecule has 3 rings (SSSR count). The number of pyridine rings is 1. The van der Waals surface area contributed by atoms with E-state index in [1.54, 1.807) is 0 Å². The molecule has 1 N–H and O–H groups in total. The molecule has 0 amide bonds. The number of fused-ring (bicyclic) bond motifs is 1. The molecule has 1 fully saturated rings. The molecule has 1 aliphatic carbocycles. The molecule has 0 spiro atoms. The van der Waals surface area contributed by atoms with Gasteiger partial charge in [0.1, 0.15) is 11.6 Å². The van der Waals surface area contributed by atoms with Crippen molar-refractivity contribution in [2.45, 2.75) is 38.6 Å². The summed E-state index contributed by atoms with van der Waals surface area (Å²) in [6.45, 7) is 4.37. The summed E-state index contributed by atoms with van der Waals surface area (Å²) < 4.78 is 2.24. The minimum Gasteiger partial charge on any atom is -0.368 e. The molecule has 84 valence electrons. The minimum atomic E-state index is 0.449. The minimum absolute atomic E-state index is 0.449. The first-order valence-corrected chi connectivity index (χ1v) is 5.98. The van der Waals surface area contributed by atoms with Crippen LogP contribution in [0.5, 0.6) is 0 Å². The van der Waals surface area contributed by atoms with Crippen molar-refractivity contribution in [1.82, 2.24) is 9.38 Å². The maximum atomic E-state index is 4.51. The lowest BCUT2D eigenvalue weighted by Gasteiger charge is -2.11. The summed E-state index contributed by atoms with van der Waals surface area (Å²) in [5.74, 6) is 2.77. The molecule has 0 aliphatic heterocycles. The molecule has 3 heteroatoms. The maximum absolute atomic E-state index is 4.51. The number of rotatable bonds is 3. The van der Waals surface area contributed by atoms with Gasteiger partial charge < -0.3 is 5.32 Å². The van der Waals surface area contributed by atoms with Crippen LogP contribution in [0.15, 0.2) is 24.4 Å². The van der Waals surface area contributed by atoms with Crippen molar-refractivity contribution < 1.29 is 0 Å². The van der Waals surface area contributed by atoms with Crippen LogP contribution in [0.25, 0.3) is 5.52 Å². The van der Waals surface area contributed by atoms with Crippen LogP contribution in [0.4, 0.5) is 5.82 Å². The van der Waals surface area contributed by atoms with Gasteiger partial charge in [-0.1, -0.05) is 19.9 Å². The normalized spacial score (nSPS) is 15.9. The summed E-state index contributed by atoms with van der Waals surface area (Å²) in [7, 11) is 0. The Labute approximate surface area is 95.5 Å². The van der Waals surface area contributed by atoms with Crippen molar-refractivity contribution in [3.8, 4) is 0 Å². The van der Waals surface area contributed by atoms with Crippen molar-refractivity contribution in [1.29, 1.82) is 0 Å². The zero-order valence-corrected chi connectivity index (χ0v) is 9.77. The van der Waals surface area contributed by atoms with E-state index in [0.29, 0.717) is 12.0 Å². The maximum Gasteiger partial charge on any atom is 0.117 e. The number of hydrogen-bond acceptors (Lipinski definition) is 2. The SMILES string of the molecule is CC(C)c1ncc2cccc(NC3CC3)n12. The van der Waals surface area contributed by atoms with Crippen molar-refractivity contribution >= 4 is 11.3 Å². The molecule has 2 aromatic rings. The van der Waals surface area contributed by atoms with Crippen LogP contribution < -0.4 is 5.32 Å². The third kappa shape index (κ3) is 1.56. The summed E-state index contributed by atoms with van der Waals surface area (Å²) in [4.78, 5) is 4.51. The van der Waals surface area contributed by atoms with Crippen molar-refractivity contribution in [3.63, 3.8) is 0 Å². The highest BCUT2D eigenvalue weighted by Crippen LogP contribution is 2.27. The van der Waals surface area contributed by atoms with Crippen LogP contribution in [-0.2, 0) is 0 Å². The third-order valence-corrected chi connectivity index (χ3v) is 3.02. The van der Waals surface area contributed by atoms with Crippen LogP contribution in [0, 0.1) is 0 Å². The van der Waals surface area contributed by atoms with Crippen LogP contribution in [0.1, 0.15) is 38.4 Å². The summed E-state index contributed by atoms with van der Waals surface area (Å²) in [6.07, 6.45) is 4.54. The smallest absolute Gasteiger partial charge is 0.117 e. The zero-order valence-electron chi connectivity index (χ0n) is 9.77. The first kappa shape index (κ1) is 9.70. The highest BCUT2D eigenvalue weighted by molar-refractivity contribution is 5.55. The number of anilines is 1. The van der Waals surface area contributed by atoms with Gasteiger partial charge >= 0.3 is 0 Å². The highest BCUT2D eigenvalue weighted by Gasteiger charge is 2.22. The number of aromatic nitrogens is 2. The fourth-order valence-electron chi connectivity index (χ4n) is 2.03. The Bertz CT molecular complexity index is 509. The fraction of sp³-hybridized carbons (Fsp3) is 0.462. The number of hydrogen-bond donors (Lipinski definition) is 1. The van der Waals surface area contributed by atoms with Gasteiger partial charge in [-0.15, -0.1) is 0 Å². The molecule has 0 atom stereocenters. The second-order valence-electron chi connectivity index (χ2n) is 4.86. The number of nitrogens with zero attached hydrogens (tertiary/aromatic N) is 2. The van der Waals surface area contributed by atoms with E-state index < -0.39 is 0 Å². The second kappa shape index (κ2) is 3.51. The molecular formula is C13H17N3. The van der Waals surface area contributed by atoms with Gasteiger partial charge in [-0.25, -0.2) is 4.98 Å². The van der Waals surface area contributed by atoms with E-state index in [1.165, 1.54) is 24.2 Å². The number of imidazole rings is 1.